The third kappa shape index (κ3) is 10.1. The fourth-order valence-corrected chi connectivity index (χ4v) is 3.97. The quantitative estimate of drug-likeness (QED) is 0.318. The molecule has 2 aromatic heterocycles. The number of nitrogens with zero attached hydrogens (tertiary/aromatic N) is 4. The van der Waals surface area contributed by atoms with Gasteiger partial charge in [0.15, 0.2) is 0 Å². The normalized spacial score (nSPS) is 17.1. The van der Waals surface area contributed by atoms with Crippen LogP contribution in [0.2, 0.25) is 0 Å². The summed E-state index contributed by atoms with van der Waals surface area (Å²) in [7, 11) is 5.28. The maximum absolute atomic E-state index is 12.1. The van der Waals surface area contributed by atoms with Crippen LogP contribution in [0.1, 0.15) is 18.4 Å². The van der Waals surface area contributed by atoms with E-state index in [9.17, 15) is 4.79 Å². The van der Waals surface area contributed by atoms with Crippen LogP contribution in [-0.4, -0.2) is 85.5 Å². The van der Waals surface area contributed by atoms with Gasteiger partial charge in [0.25, 0.3) is 0 Å². The molecule has 12 heteroatoms. The van der Waals surface area contributed by atoms with E-state index in [1.165, 1.54) is 13.0 Å². The number of amides is 1. The second-order valence-corrected chi connectivity index (χ2v) is 9.29. The predicted molar refractivity (Wildman–Crippen MR) is 160 cm³/mol. The number of hydrogen-bond donors (Lipinski definition) is 0. The van der Waals surface area contributed by atoms with Crippen molar-refractivity contribution in [2.75, 3.05) is 47.6 Å². The van der Waals surface area contributed by atoms with Gasteiger partial charge in [0.05, 0.1) is 32.7 Å². The summed E-state index contributed by atoms with van der Waals surface area (Å²) in [6, 6.07) is 17.5. The van der Waals surface area contributed by atoms with Crippen LogP contribution in [0, 0.1) is 0 Å². The Labute approximate surface area is 253 Å². The van der Waals surface area contributed by atoms with E-state index in [1.54, 1.807) is 49.7 Å². The van der Waals surface area contributed by atoms with Crippen LogP contribution < -0.4 is 18.9 Å². The monoisotopic (exact) mass is 608 g/mol. The Hall–Kier alpha value is -3.47. The van der Waals surface area contributed by atoms with Crippen molar-refractivity contribution in [3.8, 4) is 23.3 Å². The molecule has 0 radical (unpaired) electrons. The van der Waals surface area contributed by atoms with Crippen molar-refractivity contribution in [1.29, 1.82) is 0 Å². The van der Waals surface area contributed by atoms with Gasteiger partial charge in [-0.15, -0.1) is 24.8 Å². The van der Waals surface area contributed by atoms with Crippen LogP contribution >= 0.6 is 24.8 Å². The zero-order chi connectivity index (χ0) is 27.5. The molecule has 0 unspecified atom stereocenters. The van der Waals surface area contributed by atoms with E-state index in [0.29, 0.717) is 36.7 Å². The Morgan fingerprint density at radius 2 is 1.37 bits per heavy atom. The van der Waals surface area contributed by atoms with Gasteiger partial charge in [-0.1, -0.05) is 30.3 Å². The minimum Gasteiger partial charge on any atom is -0.490 e. The van der Waals surface area contributed by atoms with Crippen LogP contribution in [0.3, 0.4) is 0 Å². The summed E-state index contributed by atoms with van der Waals surface area (Å²) in [4.78, 5) is 24.3. The van der Waals surface area contributed by atoms with E-state index < -0.39 is 0 Å². The number of carbonyl (C=O) groups is 1. The predicted octanol–water partition coefficient (Wildman–Crippen LogP) is 4.90. The fourth-order valence-electron chi connectivity index (χ4n) is 3.97. The van der Waals surface area contributed by atoms with E-state index >= 15 is 0 Å². The molecule has 224 valence electrons. The third-order valence-electron chi connectivity index (χ3n) is 6.74. The van der Waals surface area contributed by atoms with E-state index in [0.717, 1.165) is 24.3 Å². The minimum absolute atomic E-state index is 0. The molecule has 3 aromatic rings. The molecular formula is C29H38Cl2N4O6. The van der Waals surface area contributed by atoms with Gasteiger partial charge in [-0.2, -0.15) is 0 Å². The number of aromatic nitrogens is 2. The first kappa shape index (κ1) is 33.7. The van der Waals surface area contributed by atoms with Crippen molar-refractivity contribution in [2.45, 2.75) is 31.5 Å². The lowest BCUT2D eigenvalue weighted by molar-refractivity contribution is 0.0259. The Morgan fingerprint density at radius 3 is 1.78 bits per heavy atom. The summed E-state index contributed by atoms with van der Waals surface area (Å²) in [5, 5.41) is 0. The van der Waals surface area contributed by atoms with Crippen LogP contribution in [0.15, 0.2) is 67.0 Å². The molecule has 41 heavy (non-hydrogen) atoms. The minimum atomic E-state index is -0.299. The van der Waals surface area contributed by atoms with Crippen molar-refractivity contribution >= 4 is 30.9 Å². The number of ether oxygens (including phenoxy) is 5. The molecule has 2 saturated heterocycles. The summed E-state index contributed by atoms with van der Waals surface area (Å²) in [6.07, 6.45) is 5.13. The van der Waals surface area contributed by atoms with E-state index in [-0.39, 0.29) is 43.6 Å². The Morgan fingerprint density at radius 1 is 0.805 bits per heavy atom. The molecular weight excluding hydrogens is 571 g/mol. The molecule has 0 bridgehead atoms. The second-order valence-electron chi connectivity index (χ2n) is 9.29. The number of methoxy groups -OCH3 is 2. The van der Waals surface area contributed by atoms with Crippen molar-refractivity contribution in [3.05, 3.63) is 72.6 Å². The SMILES string of the molecule is COc1ccc(OC[C@@H]2CCN2C(=O)OCc2ccccc2)cn1.COc1ccc(OC[C@@H]2CCN2C)cn1.Cl.Cl. The highest BCUT2D eigenvalue weighted by atomic mass is 35.5. The number of carbonyl (C=O) groups excluding carboxylic acids is 1. The number of likely N-dealkylation sites (N-methyl/N-ethyl adjacent to an activating group) is 1. The first-order valence-corrected chi connectivity index (χ1v) is 13.0. The molecule has 2 aliphatic heterocycles. The van der Waals surface area contributed by atoms with Gasteiger partial charge in [0, 0.05) is 24.7 Å². The second kappa shape index (κ2) is 17.4. The molecule has 4 heterocycles. The highest BCUT2D eigenvalue weighted by Crippen LogP contribution is 2.22. The molecule has 1 aromatic carbocycles. The van der Waals surface area contributed by atoms with Gasteiger partial charge in [0.2, 0.25) is 11.8 Å². The first-order chi connectivity index (χ1) is 19.1. The highest BCUT2D eigenvalue weighted by molar-refractivity contribution is 5.85. The topological polar surface area (TPSA) is 95.5 Å². The van der Waals surface area contributed by atoms with E-state index in [1.807, 2.05) is 36.4 Å². The first-order valence-electron chi connectivity index (χ1n) is 13.0. The van der Waals surface area contributed by atoms with E-state index in [4.69, 9.17) is 23.7 Å². The lowest BCUT2D eigenvalue weighted by atomic mass is 10.1. The van der Waals surface area contributed by atoms with Crippen LogP contribution in [0.4, 0.5) is 4.79 Å². The third-order valence-corrected chi connectivity index (χ3v) is 6.74. The number of benzene rings is 1. The zero-order valence-corrected chi connectivity index (χ0v) is 25.1. The van der Waals surface area contributed by atoms with Crippen LogP contribution in [0.5, 0.6) is 23.3 Å². The molecule has 10 nitrogen and oxygen atoms in total. The fraction of sp³-hybridized carbons (Fsp3) is 0.414. The van der Waals surface area contributed by atoms with Gasteiger partial charge in [0.1, 0.15) is 31.3 Å². The van der Waals surface area contributed by atoms with Crippen molar-refractivity contribution in [1.82, 2.24) is 19.8 Å². The Balaban J connectivity index is 0.000000300. The summed E-state index contributed by atoms with van der Waals surface area (Å²) in [6.45, 7) is 3.32. The average molecular weight is 610 g/mol. The van der Waals surface area contributed by atoms with Gasteiger partial charge < -0.3 is 28.6 Å². The summed E-state index contributed by atoms with van der Waals surface area (Å²) >= 11 is 0. The standard InChI is InChI=1S/C18H20N2O4.C11H16N2O2.2ClH/c1-22-17-8-7-16(11-19-17)23-13-15-9-10-20(15)18(21)24-12-14-5-3-2-4-6-14;1-13-6-5-9(13)8-15-10-3-4-11(14-2)12-7-10;;/h2-8,11,15H,9-10,12-13H2,1H3;3-4,7,9H,5-6,8H2,1-2H3;2*1H/t15-;9-;;/m00../s1. The molecule has 2 aliphatic rings. The highest BCUT2D eigenvalue weighted by Gasteiger charge is 2.34. The number of hydrogen-bond acceptors (Lipinski definition) is 9. The van der Waals surface area contributed by atoms with Crippen LogP contribution in [-0.2, 0) is 11.3 Å². The molecule has 0 spiro atoms. The van der Waals surface area contributed by atoms with Gasteiger partial charge >= 0.3 is 6.09 Å². The number of rotatable bonds is 10. The number of halogens is 2. The zero-order valence-electron chi connectivity index (χ0n) is 23.5. The van der Waals surface area contributed by atoms with Crippen LogP contribution in [0.25, 0.3) is 0 Å². The molecule has 0 saturated carbocycles. The van der Waals surface area contributed by atoms with E-state index in [2.05, 4.69) is 21.9 Å². The molecule has 1 amide bonds. The number of pyridine rings is 2. The molecule has 0 aliphatic carbocycles. The Bertz CT molecular complexity index is 1160. The average Bonchev–Trinajstić information content (AvgIpc) is 2.96. The molecule has 0 N–H and O–H groups in total. The van der Waals surface area contributed by atoms with Gasteiger partial charge in [-0.3, -0.25) is 4.90 Å². The largest absolute Gasteiger partial charge is 0.490 e. The van der Waals surface area contributed by atoms with Crippen molar-refractivity contribution in [2.24, 2.45) is 0 Å². The summed E-state index contributed by atoms with van der Waals surface area (Å²) in [5.41, 5.74) is 0.975. The Kier molecular flexibility index (Phi) is 14.3. The number of likely N-dealkylation sites (tertiary alicyclic amines) is 2. The molecule has 2 atom stereocenters. The van der Waals surface area contributed by atoms with Crippen molar-refractivity contribution < 1.29 is 28.5 Å². The molecule has 2 fully saturated rings. The molecule has 5 rings (SSSR count). The summed E-state index contributed by atoms with van der Waals surface area (Å²) < 4.78 is 26.6. The lowest BCUT2D eigenvalue weighted by Crippen LogP contribution is -2.54. The summed E-state index contributed by atoms with van der Waals surface area (Å²) in [5.74, 6) is 2.61. The smallest absolute Gasteiger partial charge is 0.410 e. The van der Waals surface area contributed by atoms with Gasteiger partial charge in [-0.05, 0) is 44.1 Å². The maximum Gasteiger partial charge on any atom is 0.410 e. The maximum atomic E-state index is 12.1. The lowest BCUT2D eigenvalue weighted by Gasteiger charge is -2.39. The van der Waals surface area contributed by atoms with Crippen molar-refractivity contribution in [3.63, 3.8) is 0 Å². The van der Waals surface area contributed by atoms with Gasteiger partial charge in [-0.25, -0.2) is 14.8 Å².